The van der Waals surface area contributed by atoms with E-state index in [0.29, 0.717) is 13.2 Å². The molecule has 0 radical (unpaired) electrons. The maximum Gasteiger partial charge on any atom is 0.162 e. The molecule has 0 fully saturated rings. The predicted molar refractivity (Wildman–Crippen MR) is 117 cm³/mol. The Morgan fingerprint density at radius 3 is 2.71 bits per heavy atom. The van der Waals surface area contributed by atoms with Crippen LogP contribution in [-0.2, 0) is 13.0 Å². The third-order valence-corrected chi connectivity index (χ3v) is 5.13. The lowest BCUT2D eigenvalue weighted by atomic mass is 10.2. The Balaban J connectivity index is 1.51. The maximum absolute atomic E-state index is 5.81. The second-order valence-electron chi connectivity index (χ2n) is 6.65. The first-order chi connectivity index (χ1) is 13.7. The van der Waals surface area contributed by atoms with Crippen LogP contribution in [0.4, 0.5) is 0 Å². The standard InChI is InChI=1S/C22H28BrN3O2/c1-3-12-28-21-14-17(23)16(13-20(21)27-4-2)15-24-11-7-10-22-25-18-8-5-6-9-19(18)26-22/h5-6,8-9,13-14,24H,3-4,7,10-12,15H2,1-2H3,(H,25,26). The van der Waals surface area contributed by atoms with E-state index < -0.39 is 0 Å². The summed E-state index contributed by atoms with van der Waals surface area (Å²) in [6.45, 7) is 7.08. The van der Waals surface area contributed by atoms with Crippen LogP contribution >= 0.6 is 15.9 Å². The quantitative estimate of drug-likeness (QED) is 0.396. The number of nitrogens with one attached hydrogen (secondary N) is 2. The molecule has 2 aromatic carbocycles. The number of fused-ring (bicyclic) bond motifs is 1. The maximum atomic E-state index is 5.81. The summed E-state index contributed by atoms with van der Waals surface area (Å²) in [7, 11) is 0. The number of aryl methyl sites for hydroxylation is 1. The summed E-state index contributed by atoms with van der Waals surface area (Å²) >= 11 is 3.66. The molecule has 150 valence electrons. The Morgan fingerprint density at radius 1 is 1.11 bits per heavy atom. The summed E-state index contributed by atoms with van der Waals surface area (Å²) in [4.78, 5) is 8.01. The van der Waals surface area contributed by atoms with E-state index in [1.165, 1.54) is 0 Å². The fraction of sp³-hybridized carbons (Fsp3) is 0.409. The van der Waals surface area contributed by atoms with Crippen LogP contribution in [0.3, 0.4) is 0 Å². The van der Waals surface area contributed by atoms with Gasteiger partial charge in [-0.15, -0.1) is 0 Å². The van der Waals surface area contributed by atoms with Crippen LogP contribution in [0.15, 0.2) is 40.9 Å². The summed E-state index contributed by atoms with van der Waals surface area (Å²) in [5.74, 6) is 2.64. The number of hydrogen-bond donors (Lipinski definition) is 2. The van der Waals surface area contributed by atoms with Crippen LogP contribution < -0.4 is 14.8 Å². The largest absolute Gasteiger partial charge is 0.490 e. The van der Waals surface area contributed by atoms with Crippen molar-refractivity contribution < 1.29 is 9.47 Å². The van der Waals surface area contributed by atoms with Crippen molar-refractivity contribution in [3.63, 3.8) is 0 Å². The molecule has 28 heavy (non-hydrogen) atoms. The molecule has 3 aromatic rings. The normalized spacial score (nSPS) is 11.1. The van der Waals surface area contributed by atoms with Crippen molar-refractivity contribution in [2.45, 2.75) is 39.7 Å². The minimum atomic E-state index is 0.620. The first-order valence-electron chi connectivity index (χ1n) is 9.93. The van der Waals surface area contributed by atoms with E-state index in [0.717, 1.165) is 70.7 Å². The first-order valence-corrected chi connectivity index (χ1v) is 10.7. The van der Waals surface area contributed by atoms with Gasteiger partial charge in [0, 0.05) is 17.4 Å². The van der Waals surface area contributed by atoms with E-state index >= 15 is 0 Å². The average Bonchev–Trinajstić information content (AvgIpc) is 3.11. The molecule has 2 N–H and O–H groups in total. The molecule has 0 saturated carbocycles. The van der Waals surface area contributed by atoms with Gasteiger partial charge in [-0.3, -0.25) is 0 Å². The summed E-state index contributed by atoms with van der Waals surface area (Å²) in [5.41, 5.74) is 3.29. The van der Waals surface area contributed by atoms with Crippen molar-refractivity contribution in [2.75, 3.05) is 19.8 Å². The number of H-pyrrole nitrogens is 1. The molecule has 3 rings (SSSR count). The van der Waals surface area contributed by atoms with E-state index in [1.807, 2.05) is 31.2 Å². The number of hydrogen-bond acceptors (Lipinski definition) is 4. The number of aromatic nitrogens is 2. The van der Waals surface area contributed by atoms with Crippen LogP contribution in [0.5, 0.6) is 11.5 Å². The highest BCUT2D eigenvalue weighted by molar-refractivity contribution is 9.10. The molecule has 1 aromatic heterocycles. The van der Waals surface area contributed by atoms with Crippen molar-refractivity contribution in [2.24, 2.45) is 0 Å². The lowest BCUT2D eigenvalue weighted by molar-refractivity contribution is 0.276. The molecule has 0 amide bonds. The van der Waals surface area contributed by atoms with Crippen LogP contribution in [0.1, 0.15) is 38.1 Å². The zero-order valence-electron chi connectivity index (χ0n) is 16.6. The fourth-order valence-corrected chi connectivity index (χ4v) is 3.50. The Labute approximate surface area is 175 Å². The van der Waals surface area contributed by atoms with E-state index in [9.17, 15) is 0 Å². The van der Waals surface area contributed by atoms with E-state index in [1.54, 1.807) is 0 Å². The number of ether oxygens (including phenoxy) is 2. The van der Waals surface area contributed by atoms with Crippen LogP contribution in [0, 0.1) is 0 Å². The molecule has 0 aliphatic carbocycles. The molecule has 6 heteroatoms. The van der Waals surface area contributed by atoms with Crippen molar-refractivity contribution >= 4 is 27.0 Å². The second-order valence-corrected chi connectivity index (χ2v) is 7.51. The Morgan fingerprint density at radius 2 is 1.93 bits per heavy atom. The third-order valence-electron chi connectivity index (χ3n) is 4.40. The van der Waals surface area contributed by atoms with Crippen molar-refractivity contribution in [1.82, 2.24) is 15.3 Å². The van der Waals surface area contributed by atoms with Crippen LogP contribution in [0.25, 0.3) is 11.0 Å². The summed E-state index contributed by atoms with van der Waals surface area (Å²) < 4.78 is 12.6. The number of benzene rings is 2. The van der Waals surface area contributed by atoms with Gasteiger partial charge >= 0.3 is 0 Å². The zero-order valence-corrected chi connectivity index (χ0v) is 18.1. The van der Waals surface area contributed by atoms with Gasteiger partial charge in [-0.1, -0.05) is 35.0 Å². The zero-order chi connectivity index (χ0) is 19.8. The van der Waals surface area contributed by atoms with Gasteiger partial charge in [0.05, 0.1) is 24.2 Å². The molecule has 0 unspecified atom stereocenters. The number of para-hydroxylation sites is 2. The lowest BCUT2D eigenvalue weighted by Crippen LogP contribution is -2.16. The molecule has 0 aliphatic rings. The number of rotatable bonds is 11. The van der Waals surface area contributed by atoms with E-state index in [4.69, 9.17) is 9.47 Å². The summed E-state index contributed by atoms with van der Waals surface area (Å²) in [5, 5.41) is 3.51. The smallest absolute Gasteiger partial charge is 0.162 e. The van der Waals surface area contributed by atoms with Crippen LogP contribution in [0.2, 0.25) is 0 Å². The molecule has 1 heterocycles. The average molecular weight is 446 g/mol. The molecular weight excluding hydrogens is 418 g/mol. The molecule has 0 bridgehead atoms. The van der Waals surface area contributed by atoms with Gasteiger partial charge in [0.25, 0.3) is 0 Å². The van der Waals surface area contributed by atoms with Gasteiger partial charge in [0.2, 0.25) is 0 Å². The van der Waals surface area contributed by atoms with Gasteiger partial charge < -0.3 is 19.8 Å². The minimum absolute atomic E-state index is 0.620. The third kappa shape index (κ3) is 5.49. The highest BCUT2D eigenvalue weighted by Gasteiger charge is 2.11. The summed E-state index contributed by atoms with van der Waals surface area (Å²) in [6.07, 6.45) is 2.92. The molecule has 0 atom stereocenters. The lowest BCUT2D eigenvalue weighted by Gasteiger charge is -2.15. The Bertz CT molecular complexity index is 862. The van der Waals surface area contributed by atoms with Crippen LogP contribution in [-0.4, -0.2) is 29.7 Å². The van der Waals surface area contributed by atoms with Gasteiger partial charge in [-0.25, -0.2) is 4.98 Å². The van der Waals surface area contributed by atoms with Gasteiger partial charge in [0.15, 0.2) is 11.5 Å². The highest BCUT2D eigenvalue weighted by atomic mass is 79.9. The number of aromatic amines is 1. The minimum Gasteiger partial charge on any atom is -0.490 e. The number of halogens is 1. The number of nitrogens with zero attached hydrogens (tertiary/aromatic N) is 1. The predicted octanol–water partition coefficient (Wildman–Crippen LogP) is 5.24. The van der Waals surface area contributed by atoms with Crippen molar-refractivity contribution in [1.29, 1.82) is 0 Å². The molecule has 5 nitrogen and oxygen atoms in total. The topological polar surface area (TPSA) is 59.2 Å². The molecule has 0 aliphatic heterocycles. The number of imidazole rings is 1. The van der Waals surface area contributed by atoms with E-state index in [2.05, 4.69) is 50.3 Å². The van der Waals surface area contributed by atoms with Crippen molar-refractivity contribution in [3.05, 3.63) is 52.3 Å². The SMILES string of the molecule is CCCOc1cc(Br)c(CNCCCc2nc3ccccc3[nH]2)cc1OCC. The molecular formula is C22H28BrN3O2. The van der Waals surface area contributed by atoms with Crippen molar-refractivity contribution in [3.8, 4) is 11.5 Å². The second kappa shape index (κ2) is 10.5. The Hall–Kier alpha value is -2.05. The monoisotopic (exact) mass is 445 g/mol. The Kier molecular flexibility index (Phi) is 7.74. The first kappa shape index (κ1) is 20.7. The summed E-state index contributed by atoms with van der Waals surface area (Å²) in [6, 6.07) is 12.2. The van der Waals surface area contributed by atoms with E-state index in [-0.39, 0.29) is 0 Å². The van der Waals surface area contributed by atoms with Gasteiger partial charge in [-0.2, -0.15) is 0 Å². The molecule has 0 saturated heterocycles. The van der Waals surface area contributed by atoms with Gasteiger partial charge in [-0.05, 0) is 56.1 Å². The van der Waals surface area contributed by atoms with Gasteiger partial charge in [0.1, 0.15) is 5.82 Å². The highest BCUT2D eigenvalue weighted by Crippen LogP contribution is 2.34. The molecule has 0 spiro atoms. The fourth-order valence-electron chi connectivity index (χ4n) is 3.03.